The Morgan fingerprint density at radius 1 is 0.871 bits per heavy atom. The number of nitro benzene ring substituents is 2. The van der Waals surface area contributed by atoms with Crippen LogP contribution >= 0.6 is 0 Å². The van der Waals surface area contributed by atoms with Crippen LogP contribution in [0.1, 0.15) is 24.0 Å². The van der Waals surface area contributed by atoms with Gasteiger partial charge in [0.2, 0.25) is 0 Å². The molecule has 2 aromatic carbocycles. The molecule has 1 saturated carbocycles. The molecule has 0 amide bonds. The Morgan fingerprint density at radius 2 is 1.35 bits per heavy atom. The normalized spacial score (nSPS) is 19.7. The number of rotatable bonds is 6. The molecule has 0 spiro atoms. The summed E-state index contributed by atoms with van der Waals surface area (Å²) in [7, 11) is 0. The van der Waals surface area contributed by atoms with Crippen molar-refractivity contribution in [3.05, 3.63) is 91.0 Å². The lowest BCUT2D eigenvalue weighted by molar-refractivity contribution is -0.385. The van der Waals surface area contributed by atoms with Crippen LogP contribution in [0.4, 0.5) is 11.4 Å². The summed E-state index contributed by atoms with van der Waals surface area (Å²) in [5, 5.41) is 22.1. The van der Waals surface area contributed by atoms with Gasteiger partial charge in [0.15, 0.2) is 5.78 Å². The molecule has 0 unspecified atom stereocenters. The van der Waals surface area contributed by atoms with Gasteiger partial charge < -0.3 is 0 Å². The smallest absolute Gasteiger partial charge is 0.270 e. The highest BCUT2D eigenvalue weighted by atomic mass is 16.6. The van der Waals surface area contributed by atoms with Crippen molar-refractivity contribution in [3.8, 4) is 0 Å². The van der Waals surface area contributed by atoms with Crippen molar-refractivity contribution in [1.29, 1.82) is 0 Å². The lowest BCUT2D eigenvalue weighted by atomic mass is 9.94. The van der Waals surface area contributed by atoms with Crippen molar-refractivity contribution in [3.63, 3.8) is 0 Å². The van der Waals surface area contributed by atoms with E-state index in [1.807, 2.05) is 0 Å². The van der Waals surface area contributed by atoms with Gasteiger partial charge in [0, 0.05) is 55.0 Å². The van der Waals surface area contributed by atoms with E-state index in [4.69, 9.17) is 0 Å². The van der Waals surface area contributed by atoms with Crippen LogP contribution in [0.25, 0.3) is 12.2 Å². The predicted octanol–water partition coefficient (Wildman–Crippen LogP) is 4.26. The molecule has 0 atom stereocenters. The number of carbonyl (C=O) groups is 1. The molecule has 0 bridgehead atoms. The summed E-state index contributed by atoms with van der Waals surface area (Å²) in [6.07, 6.45) is 5.77. The van der Waals surface area contributed by atoms with Crippen LogP contribution in [0, 0.1) is 26.1 Å². The first-order valence-electron chi connectivity index (χ1n) is 10.1. The molecule has 0 N–H and O–H groups in total. The molecule has 8 nitrogen and oxygen atoms in total. The Labute approximate surface area is 178 Å². The van der Waals surface area contributed by atoms with Gasteiger partial charge in [0.05, 0.1) is 9.85 Å². The van der Waals surface area contributed by atoms with Gasteiger partial charge in [-0.2, -0.15) is 0 Å². The second-order valence-electron chi connectivity index (χ2n) is 7.99. The molecule has 31 heavy (non-hydrogen) atoms. The Kier molecular flexibility index (Phi) is 5.73. The van der Waals surface area contributed by atoms with Gasteiger partial charge in [0.25, 0.3) is 11.4 Å². The minimum Gasteiger partial charge on any atom is -0.294 e. The molecule has 1 aliphatic heterocycles. The number of hydrogen-bond acceptors (Lipinski definition) is 6. The van der Waals surface area contributed by atoms with E-state index in [1.54, 1.807) is 36.4 Å². The number of likely N-dealkylation sites (tertiary alicyclic amines) is 1. The van der Waals surface area contributed by atoms with E-state index in [1.165, 1.54) is 37.1 Å². The largest absolute Gasteiger partial charge is 0.294 e. The monoisotopic (exact) mass is 419 g/mol. The molecule has 1 aliphatic carbocycles. The number of carbonyl (C=O) groups excluding carboxylic acids is 1. The topological polar surface area (TPSA) is 107 Å². The van der Waals surface area contributed by atoms with Crippen molar-refractivity contribution in [2.45, 2.75) is 12.8 Å². The molecule has 0 aromatic heterocycles. The van der Waals surface area contributed by atoms with Gasteiger partial charge in [-0.1, -0.05) is 24.3 Å². The maximum Gasteiger partial charge on any atom is 0.270 e. The molecular formula is C23H21N3O5. The molecular weight excluding hydrogens is 398 g/mol. The van der Waals surface area contributed by atoms with Gasteiger partial charge in [-0.05, 0) is 42.0 Å². The average molecular weight is 419 g/mol. The third-order valence-electron chi connectivity index (χ3n) is 5.43. The highest BCUT2D eigenvalue weighted by molar-refractivity contribution is 6.14. The number of Topliss-reactive ketones (excluding diaryl/α,β-unsaturated/α-hetero) is 1. The van der Waals surface area contributed by atoms with Crippen LogP contribution in [0.3, 0.4) is 0 Å². The van der Waals surface area contributed by atoms with Gasteiger partial charge in [-0.15, -0.1) is 0 Å². The van der Waals surface area contributed by atoms with Gasteiger partial charge in [-0.3, -0.25) is 29.9 Å². The summed E-state index contributed by atoms with van der Waals surface area (Å²) in [4.78, 5) is 36.6. The van der Waals surface area contributed by atoms with E-state index in [9.17, 15) is 25.0 Å². The number of nitro groups is 2. The van der Waals surface area contributed by atoms with Crippen LogP contribution in [0.5, 0.6) is 0 Å². The number of hydrogen-bond donors (Lipinski definition) is 0. The number of non-ortho nitro benzene ring substituents is 2. The zero-order chi connectivity index (χ0) is 22.0. The maximum absolute atomic E-state index is 13.2. The molecule has 0 radical (unpaired) electrons. The molecule has 2 aliphatic rings. The molecule has 2 aromatic rings. The number of benzene rings is 2. The summed E-state index contributed by atoms with van der Waals surface area (Å²) >= 11 is 0. The first kappa shape index (κ1) is 20.6. The first-order valence-corrected chi connectivity index (χ1v) is 10.1. The second-order valence-corrected chi connectivity index (χ2v) is 7.99. The molecule has 2 fully saturated rings. The SMILES string of the molecule is O=C1/C(=C\c2cccc([N+](=O)[O-])c2)CN(CC2CC2)C/C1=C/c1cccc([N+](=O)[O-])c1. The summed E-state index contributed by atoms with van der Waals surface area (Å²) in [6.45, 7) is 1.83. The maximum atomic E-state index is 13.2. The minimum absolute atomic E-state index is 0.0280. The van der Waals surface area contributed by atoms with E-state index in [0.29, 0.717) is 41.3 Å². The van der Waals surface area contributed by atoms with E-state index in [0.717, 1.165) is 6.54 Å². The fourth-order valence-corrected chi connectivity index (χ4v) is 3.76. The van der Waals surface area contributed by atoms with Crippen LogP contribution in [-0.2, 0) is 4.79 Å². The van der Waals surface area contributed by atoms with Crippen LogP contribution in [0.15, 0.2) is 59.7 Å². The lowest BCUT2D eigenvalue weighted by Gasteiger charge is -2.29. The molecule has 158 valence electrons. The highest BCUT2D eigenvalue weighted by Gasteiger charge is 2.31. The lowest BCUT2D eigenvalue weighted by Crippen LogP contribution is -2.38. The summed E-state index contributed by atoms with van der Waals surface area (Å²) < 4.78 is 0. The van der Waals surface area contributed by atoms with Crippen molar-refractivity contribution < 1.29 is 14.6 Å². The van der Waals surface area contributed by atoms with Crippen LogP contribution < -0.4 is 0 Å². The summed E-state index contributed by atoms with van der Waals surface area (Å²) in [5.41, 5.74) is 2.26. The predicted molar refractivity (Wildman–Crippen MR) is 116 cm³/mol. The Hall–Kier alpha value is -3.65. The molecule has 1 saturated heterocycles. The summed E-state index contributed by atoms with van der Waals surface area (Å²) in [5.74, 6) is 0.497. The standard InChI is InChI=1S/C23H21N3O5/c27-23-19(9-17-3-1-5-21(11-17)25(28)29)14-24(13-16-7-8-16)15-20(23)10-18-4-2-6-22(12-18)26(30)31/h1-6,9-12,16H,7-8,13-15H2/b19-9-,20-10-. The zero-order valence-corrected chi connectivity index (χ0v) is 16.8. The molecule has 4 rings (SSSR count). The fourth-order valence-electron chi connectivity index (χ4n) is 3.76. The highest BCUT2D eigenvalue weighted by Crippen LogP contribution is 2.32. The van der Waals surface area contributed by atoms with Crippen LogP contribution in [-0.4, -0.2) is 40.2 Å². The van der Waals surface area contributed by atoms with Gasteiger partial charge in [0.1, 0.15) is 0 Å². The van der Waals surface area contributed by atoms with Crippen LogP contribution in [0.2, 0.25) is 0 Å². The minimum atomic E-state index is -0.461. The second kappa shape index (κ2) is 8.61. The summed E-state index contributed by atoms with van der Waals surface area (Å²) in [6, 6.07) is 12.4. The van der Waals surface area contributed by atoms with E-state index < -0.39 is 9.85 Å². The van der Waals surface area contributed by atoms with E-state index in [-0.39, 0.29) is 17.2 Å². The first-order chi connectivity index (χ1) is 14.9. The van der Waals surface area contributed by atoms with Gasteiger partial charge >= 0.3 is 0 Å². The molecule has 1 heterocycles. The van der Waals surface area contributed by atoms with E-state index in [2.05, 4.69) is 4.90 Å². The third-order valence-corrected chi connectivity index (χ3v) is 5.43. The Balaban J connectivity index is 1.68. The fraction of sp³-hybridized carbons (Fsp3) is 0.261. The quantitative estimate of drug-likeness (QED) is 0.393. The average Bonchev–Trinajstić information content (AvgIpc) is 3.56. The number of ketones is 1. The molecule has 8 heteroatoms. The number of nitrogens with zero attached hydrogens (tertiary/aromatic N) is 3. The van der Waals surface area contributed by atoms with Gasteiger partial charge in [-0.25, -0.2) is 0 Å². The van der Waals surface area contributed by atoms with Crippen molar-refractivity contribution in [2.24, 2.45) is 5.92 Å². The van der Waals surface area contributed by atoms with E-state index >= 15 is 0 Å². The van der Waals surface area contributed by atoms with Crippen molar-refractivity contribution in [2.75, 3.05) is 19.6 Å². The Bertz CT molecular complexity index is 1040. The third kappa shape index (κ3) is 5.10. The number of piperidine rings is 1. The van der Waals surface area contributed by atoms with Crippen molar-refractivity contribution in [1.82, 2.24) is 4.90 Å². The van der Waals surface area contributed by atoms with Crippen molar-refractivity contribution >= 4 is 29.3 Å². The zero-order valence-electron chi connectivity index (χ0n) is 16.8. The Morgan fingerprint density at radius 3 is 1.77 bits per heavy atom.